The van der Waals surface area contributed by atoms with Crippen molar-refractivity contribution >= 4 is 16.7 Å². The lowest BCUT2D eigenvalue weighted by Crippen LogP contribution is -2.46. The molecule has 2 aliphatic heterocycles. The SMILES string of the molecule is Cn1cc(C(=O)CN2CCC3(CC2)OCCO3)c2ccccc21. The van der Waals surface area contributed by atoms with Crippen LogP contribution in [0.3, 0.4) is 0 Å². The largest absolute Gasteiger partial charge is 0.350 e. The van der Waals surface area contributed by atoms with E-state index in [1.165, 1.54) is 0 Å². The molecule has 0 amide bonds. The van der Waals surface area contributed by atoms with Crippen molar-refractivity contribution in [2.24, 2.45) is 7.05 Å². The Balaban J connectivity index is 1.46. The minimum absolute atomic E-state index is 0.186. The molecule has 2 saturated heterocycles. The summed E-state index contributed by atoms with van der Waals surface area (Å²) in [6, 6.07) is 8.06. The minimum Gasteiger partial charge on any atom is -0.350 e. The van der Waals surface area contributed by atoms with Gasteiger partial charge in [-0.1, -0.05) is 18.2 Å². The van der Waals surface area contributed by atoms with Crippen LogP contribution in [0.15, 0.2) is 30.5 Å². The molecule has 0 saturated carbocycles. The quantitative estimate of drug-likeness (QED) is 0.815. The molecule has 1 spiro atoms. The van der Waals surface area contributed by atoms with Crippen LogP contribution in [0.4, 0.5) is 0 Å². The van der Waals surface area contributed by atoms with Gasteiger partial charge in [-0.25, -0.2) is 0 Å². The number of Topliss-reactive ketones (excluding diaryl/α,β-unsaturated/α-hetero) is 1. The maximum absolute atomic E-state index is 12.7. The number of aromatic nitrogens is 1. The lowest BCUT2D eigenvalue weighted by atomic mass is 10.0. The van der Waals surface area contributed by atoms with Gasteiger partial charge in [-0.3, -0.25) is 9.69 Å². The van der Waals surface area contributed by atoms with E-state index in [9.17, 15) is 4.79 Å². The number of ketones is 1. The predicted molar refractivity (Wildman–Crippen MR) is 87.6 cm³/mol. The molecule has 5 nitrogen and oxygen atoms in total. The number of rotatable bonds is 3. The first kappa shape index (κ1) is 14.9. The van der Waals surface area contributed by atoms with Gasteiger partial charge < -0.3 is 14.0 Å². The summed E-state index contributed by atoms with van der Waals surface area (Å²) in [7, 11) is 1.98. The van der Waals surface area contributed by atoms with Gasteiger partial charge in [0.15, 0.2) is 11.6 Å². The number of para-hydroxylation sites is 1. The van der Waals surface area contributed by atoms with E-state index < -0.39 is 0 Å². The molecular weight excluding hydrogens is 292 g/mol. The number of ether oxygens (including phenoxy) is 2. The van der Waals surface area contributed by atoms with Crippen molar-refractivity contribution in [1.82, 2.24) is 9.47 Å². The zero-order valence-electron chi connectivity index (χ0n) is 13.5. The first-order valence-corrected chi connectivity index (χ1v) is 8.24. The number of hydrogen-bond donors (Lipinski definition) is 0. The monoisotopic (exact) mass is 314 g/mol. The van der Waals surface area contributed by atoms with Crippen LogP contribution in [0.1, 0.15) is 23.2 Å². The second kappa shape index (κ2) is 5.74. The van der Waals surface area contributed by atoms with E-state index in [1.54, 1.807) is 0 Å². The topological polar surface area (TPSA) is 43.7 Å². The van der Waals surface area contributed by atoms with Crippen LogP contribution in [-0.4, -0.2) is 53.9 Å². The maximum atomic E-state index is 12.7. The number of aryl methyl sites for hydroxylation is 1. The number of hydrogen-bond acceptors (Lipinski definition) is 4. The zero-order chi connectivity index (χ0) is 15.9. The lowest BCUT2D eigenvalue weighted by molar-refractivity contribution is -0.184. The van der Waals surface area contributed by atoms with Crippen LogP contribution in [0, 0.1) is 0 Å². The molecule has 1 aromatic heterocycles. The number of fused-ring (bicyclic) bond motifs is 1. The molecule has 122 valence electrons. The Morgan fingerprint density at radius 1 is 1.17 bits per heavy atom. The number of likely N-dealkylation sites (tertiary alicyclic amines) is 1. The first-order valence-electron chi connectivity index (χ1n) is 8.24. The van der Waals surface area contributed by atoms with E-state index >= 15 is 0 Å². The van der Waals surface area contributed by atoms with Gasteiger partial charge in [0.05, 0.1) is 19.8 Å². The second-order valence-electron chi connectivity index (χ2n) is 6.48. The lowest BCUT2D eigenvalue weighted by Gasteiger charge is -2.37. The van der Waals surface area contributed by atoms with Crippen LogP contribution in [-0.2, 0) is 16.5 Å². The van der Waals surface area contributed by atoms with Gasteiger partial charge in [0.2, 0.25) is 0 Å². The van der Waals surface area contributed by atoms with Crippen LogP contribution < -0.4 is 0 Å². The van der Waals surface area contributed by atoms with Crippen molar-refractivity contribution < 1.29 is 14.3 Å². The van der Waals surface area contributed by atoms with Crippen molar-refractivity contribution in [3.63, 3.8) is 0 Å². The summed E-state index contributed by atoms with van der Waals surface area (Å²) >= 11 is 0. The molecule has 5 heteroatoms. The molecule has 2 aliphatic rings. The Labute approximate surface area is 135 Å². The van der Waals surface area contributed by atoms with Gasteiger partial charge in [0.1, 0.15) is 0 Å². The fraction of sp³-hybridized carbons (Fsp3) is 0.500. The van der Waals surface area contributed by atoms with Gasteiger partial charge >= 0.3 is 0 Å². The third-order valence-electron chi connectivity index (χ3n) is 5.00. The summed E-state index contributed by atoms with van der Waals surface area (Å²) in [5.41, 5.74) is 1.91. The normalized spacial score (nSPS) is 21.3. The summed E-state index contributed by atoms with van der Waals surface area (Å²) in [4.78, 5) is 14.9. The average Bonchev–Trinajstić information content (AvgIpc) is 3.16. The number of benzene rings is 1. The Kier molecular flexibility index (Phi) is 3.71. The molecule has 4 rings (SSSR count). The third-order valence-corrected chi connectivity index (χ3v) is 5.00. The van der Waals surface area contributed by atoms with E-state index in [-0.39, 0.29) is 11.6 Å². The molecule has 0 bridgehead atoms. The minimum atomic E-state index is -0.376. The van der Waals surface area contributed by atoms with Crippen LogP contribution in [0.2, 0.25) is 0 Å². The first-order chi connectivity index (χ1) is 11.2. The summed E-state index contributed by atoms with van der Waals surface area (Å²) in [5.74, 6) is -0.190. The van der Waals surface area contributed by atoms with Gasteiger partial charge in [0, 0.05) is 55.6 Å². The molecular formula is C18H22N2O3. The zero-order valence-corrected chi connectivity index (χ0v) is 13.5. The summed E-state index contributed by atoms with van der Waals surface area (Å²) in [6.07, 6.45) is 3.63. The smallest absolute Gasteiger partial charge is 0.178 e. The van der Waals surface area contributed by atoms with E-state index in [0.29, 0.717) is 19.8 Å². The van der Waals surface area contributed by atoms with Crippen LogP contribution >= 0.6 is 0 Å². The standard InChI is InChI=1S/C18H22N2O3/c1-19-12-15(14-4-2-3-5-16(14)19)17(21)13-20-8-6-18(7-9-20)22-10-11-23-18/h2-5,12H,6-11,13H2,1H3. The molecule has 1 aromatic carbocycles. The summed E-state index contributed by atoms with van der Waals surface area (Å²) in [5, 5.41) is 1.04. The molecule has 2 aromatic rings. The molecule has 0 radical (unpaired) electrons. The average molecular weight is 314 g/mol. The van der Waals surface area contributed by atoms with Crippen LogP contribution in [0.25, 0.3) is 10.9 Å². The van der Waals surface area contributed by atoms with Crippen molar-refractivity contribution in [1.29, 1.82) is 0 Å². The molecule has 0 N–H and O–H groups in total. The summed E-state index contributed by atoms with van der Waals surface area (Å²) < 4.78 is 13.5. The van der Waals surface area contributed by atoms with Crippen molar-refractivity contribution in [3.05, 3.63) is 36.0 Å². The highest BCUT2D eigenvalue weighted by molar-refractivity contribution is 6.09. The van der Waals surface area contributed by atoms with E-state index in [0.717, 1.165) is 42.4 Å². The van der Waals surface area contributed by atoms with Crippen molar-refractivity contribution in [3.8, 4) is 0 Å². The number of nitrogens with zero attached hydrogens (tertiary/aromatic N) is 2. The number of piperidine rings is 1. The fourth-order valence-corrected chi connectivity index (χ4v) is 3.69. The Bertz CT molecular complexity index is 721. The molecule has 3 heterocycles. The Morgan fingerprint density at radius 2 is 1.87 bits per heavy atom. The highest BCUT2D eigenvalue weighted by Gasteiger charge is 2.40. The molecule has 0 aliphatic carbocycles. The highest BCUT2D eigenvalue weighted by atomic mass is 16.7. The molecule has 0 atom stereocenters. The van der Waals surface area contributed by atoms with Crippen molar-refractivity contribution in [2.45, 2.75) is 18.6 Å². The maximum Gasteiger partial charge on any atom is 0.178 e. The summed E-state index contributed by atoms with van der Waals surface area (Å²) in [6.45, 7) is 3.53. The van der Waals surface area contributed by atoms with Gasteiger partial charge in [-0.15, -0.1) is 0 Å². The molecule has 0 unspecified atom stereocenters. The fourth-order valence-electron chi connectivity index (χ4n) is 3.69. The van der Waals surface area contributed by atoms with Crippen LogP contribution in [0.5, 0.6) is 0 Å². The molecule has 2 fully saturated rings. The van der Waals surface area contributed by atoms with E-state index in [4.69, 9.17) is 9.47 Å². The van der Waals surface area contributed by atoms with Gasteiger partial charge in [0.25, 0.3) is 0 Å². The number of carbonyl (C=O) groups excluding carboxylic acids is 1. The van der Waals surface area contributed by atoms with Gasteiger partial charge in [-0.2, -0.15) is 0 Å². The Hall–Kier alpha value is -1.69. The van der Waals surface area contributed by atoms with E-state index in [1.807, 2.05) is 42.1 Å². The Morgan fingerprint density at radius 3 is 2.61 bits per heavy atom. The van der Waals surface area contributed by atoms with Crippen molar-refractivity contribution in [2.75, 3.05) is 32.8 Å². The third kappa shape index (κ3) is 2.69. The predicted octanol–water partition coefficient (Wildman–Crippen LogP) is 2.20. The van der Waals surface area contributed by atoms with E-state index in [2.05, 4.69) is 4.90 Å². The molecule has 23 heavy (non-hydrogen) atoms. The second-order valence-corrected chi connectivity index (χ2v) is 6.48. The van der Waals surface area contributed by atoms with Gasteiger partial charge in [-0.05, 0) is 6.07 Å². The highest BCUT2D eigenvalue weighted by Crippen LogP contribution is 2.31. The number of carbonyl (C=O) groups is 1.